The van der Waals surface area contributed by atoms with Gasteiger partial charge in [0.15, 0.2) is 0 Å². The number of hydrogen-bond donors (Lipinski definition) is 3. The number of carbonyl (C=O) groups is 3. The van der Waals surface area contributed by atoms with Gasteiger partial charge in [-0.15, -0.1) is 0 Å². The lowest BCUT2D eigenvalue weighted by Crippen LogP contribution is -2.51. The van der Waals surface area contributed by atoms with Gasteiger partial charge in [0.2, 0.25) is 17.7 Å². The molecular formula is C25H37N5O3. The van der Waals surface area contributed by atoms with Crippen LogP contribution in [0.2, 0.25) is 0 Å². The lowest BCUT2D eigenvalue weighted by atomic mass is 9.90. The van der Waals surface area contributed by atoms with Crippen LogP contribution in [0.3, 0.4) is 0 Å². The highest BCUT2D eigenvalue weighted by molar-refractivity contribution is 5.92. The molecule has 2 atom stereocenters. The molecule has 180 valence electrons. The summed E-state index contributed by atoms with van der Waals surface area (Å²) in [6, 6.07) is 6.88. The molecule has 1 fully saturated rings. The van der Waals surface area contributed by atoms with Crippen LogP contribution < -0.4 is 10.6 Å². The van der Waals surface area contributed by atoms with Gasteiger partial charge in [0.1, 0.15) is 11.9 Å². The van der Waals surface area contributed by atoms with E-state index in [9.17, 15) is 14.4 Å². The summed E-state index contributed by atoms with van der Waals surface area (Å²) < 4.78 is 0. The smallest absolute Gasteiger partial charge is 0.243 e. The molecule has 1 aromatic carbocycles. The molecule has 8 nitrogen and oxygen atoms in total. The van der Waals surface area contributed by atoms with E-state index in [-0.39, 0.29) is 42.1 Å². The Hall–Kier alpha value is -2.90. The third kappa shape index (κ3) is 7.30. The summed E-state index contributed by atoms with van der Waals surface area (Å²) >= 11 is 0. The first-order valence-electron chi connectivity index (χ1n) is 11.9. The van der Waals surface area contributed by atoms with Crippen molar-refractivity contribution in [3.8, 4) is 0 Å². The van der Waals surface area contributed by atoms with Crippen LogP contribution in [0.25, 0.3) is 11.0 Å². The minimum absolute atomic E-state index is 0.00937. The molecule has 8 heteroatoms. The summed E-state index contributed by atoms with van der Waals surface area (Å²) in [5.41, 5.74) is 1.72. The van der Waals surface area contributed by atoms with Crippen molar-refractivity contribution in [3.63, 3.8) is 0 Å². The zero-order chi connectivity index (χ0) is 24.0. The zero-order valence-corrected chi connectivity index (χ0v) is 20.2. The Morgan fingerprint density at radius 3 is 2.67 bits per heavy atom. The van der Waals surface area contributed by atoms with Crippen LogP contribution in [0, 0.1) is 5.41 Å². The number of benzene rings is 1. The van der Waals surface area contributed by atoms with Gasteiger partial charge >= 0.3 is 0 Å². The number of imidazole rings is 1. The summed E-state index contributed by atoms with van der Waals surface area (Å²) in [6.07, 6.45) is 4.01. The summed E-state index contributed by atoms with van der Waals surface area (Å²) in [7, 11) is 0. The van der Waals surface area contributed by atoms with Crippen LogP contribution in [0.4, 0.5) is 0 Å². The average Bonchev–Trinajstić information content (AvgIpc) is 3.18. The maximum Gasteiger partial charge on any atom is 0.243 e. The average molecular weight is 456 g/mol. The van der Waals surface area contributed by atoms with Crippen molar-refractivity contribution in [1.29, 1.82) is 0 Å². The normalized spacial score (nSPS) is 17.6. The quantitative estimate of drug-likeness (QED) is 0.568. The predicted octanol–water partition coefficient (Wildman–Crippen LogP) is 3.28. The zero-order valence-electron chi connectivity index (χ0n) is 20.2. The van der Waals surface area contributed by atoms with E-state index in [1.807, 2.05) is 36.1 Å². The molecule has 3 N–H and O–H groups in total. The molecule has 0 spiro atoms. The Balaban J connectivity index is 1.65. The van der Waals surface area contributed by atoms with Crippen LogP contribution >= 0.6 is 0 Å². The van der Waals surface area contributed by atoms with Crippen LogP contribution in [0.1, 0.15) is 72.0 Å². The summed E-state index contributed by atoms with van der Waals surface area (Å²) in [6.45, 7) is 9.13. The van der Waals surface area contributed by atoms with Crippen LogP contribution in [-0.4, -0.2) is 51.2 Å². The second kappa shape index (κ2) is 10.8. The van der Waals surface area contributed by atoms with E-state index in [0.717, 1.165) is 30.3 Å². The molecule has 1 saturated heterocycles. The van der Waals surface area contributed by atoms with Gasteiger partial charge in [0.25, 0.3) is 0 Å². The van der Waals surface area contributed by atoms with Gasteiger partial charge in [0, 0.05) is 19.0 Å². The third-order valence-corrected chi connectivity index (χ3v) is 6.12. The van der Waals surface area contributed by atoms with Crippen molar-refractivity contribution in [2.75, 3.05) is 6.54 Å². The Labute approximate surface area is 195 Å². The Bertz CT molecular complexity index is 945. The second-order valence-electron chi connectivity index (χ2n) is 10.2. The van der Waals surface area contributed by atoms with E-state index in [0.29, 0.717) is 25.2 Å². The molecule has 0 unspecified atom stereocenters. The number of aromatic amines is 1. The van der Waals surface area contributed by atoms with E-state index < -0.39 is 6.04 Å². The highest BCUT2D eigenvalue weighted by Crippen LogP contribution is 2.21. The first kappa shape index (κ1) is 24.7. The molecule has 2 aromatic rings. The first-order chi connectivity index (χ1) is 15.6. The standard InChI is InChI=1S/C25H37N5O3/c1-17-9-7-8-14-30(17)23(32)15-20(29-22(31)12-13-25(2,3)4)24(33)26-16-21-27-18-10-5-6-11-19(18)28-21/h5-6,10-11,17,20H,7-9,12-16H2,1-4H3,(H,26,33)(H,27,28)(H,29,31)/t17-,20-/m0/s1. The number of amides is 3. The number of likely N-dealkylation sites (tertiary alicyclic amines) is 1. The number of carbonyl (C=O) groups excluding carboxylic acids is 3. The lowest BCUT2D eigenvalue weighted by Gasteiger charge is -2.34. The number of para-hydroxylation sites is 2. The molecular weight excluding hydrogens is 418 g/mol. The SMILES string of the molecule is C[C@H]1CCCCN1C(=O)C[C@H](NC(=O)CCC(C)(C)C)C(=O)NCc1nc2ccccc2[nH]1. The van der Waals surface area contributed by atoms with Crippen LogP contribution in [-0.2, 0) is 20.9 Å². The fourth-order valence-electron chi connectivity index (χ4n) is 4.11. The maximum absolute atomic E-state index is 13.0. The highest BCUT2D eigenvalue weighted by Gasteiger charge is 2.30. The van der Waals surface area contributed by atoms with Crippen LogP contribution in [0.15, 0.2) is 24.3 Å². The molecule has 0 bridgehead atoms. The largest absolute Gasteiger partial charge is 0.347 e. The molecule has 3 rings (SSSR count). The third-order valence-electron chi connectivity index (χ3n) is 6.12. The number of nitrogens with zero attached hydrogens (tertiary/aromatic N) is 2. The Morgan fingerprint density at radius 1 is 1.21 bits per heavy atom. The van der Waals surface area contributed by atoms with Crippen molar-refractivity contribution >= 4 is 28.8 Å². The van der Waals surface area contributed by atoms with Crippen molar-refractivity contribution in [1.82, 2.24) is 25.5 Å². The number of aromatic nitrogens is 2. The molecule has 33 heavy (non-hydrogen) atoms. The number of fused-ring (bicyclic) bond motifs is 1. The second-order valence-corrected chi connectivity index (χ2v) is 10.2. The number of nitrogens with one attached hydrogen (secondary N) is 3. The number of rotatable bonds is 8. The van der Waals surface area contributed by atoms with Gasteiger partial charge in [-0.1, -0.05) is 32.9 Å². The van der Waals surface area contributed by atoms with Gasteiger partial charge in [-0.3, -0.25) is 14.4 Å². The van der Waals surface area contributed by atoms with Crippen molar-refractivity contribution in [3.05, 3.63) is 30.1 Å². The number of H-pyrrole nitrogens is 1. The first-order valence-corrected chi connectivity index (χ1v) is 11.9. The van der Waals surface area contributed by atoms with E-state index in [4.69, 9.17) is 0 Å². The summed E-state index contributed by atoms with van der Waals surface area (Å²) in [4.78, 5) is 48.1. The monoisotopic (exact) mass is 455 g/mol. The van der Waals surface area contributed by atoms with Crippen molar-refractivity contribution < 1.29 is 14.4 Å². The minimum Gasteiger partial charge on any atom is -0.347 e. The van der Waals surface area contributed by atoms with Gasteiger partial charge in [-0.25, -0.2) is 4.98 Å². The summed E-state index contributed by atoms with van der Waals surface area (Å²) in [5, 5.41) is 5.65. The predicted molar refractivity (Wildman–Crippen MR) is 128 cm³/mol. The van der Waals surface area contributed by atoms with E-state index >= 15 is 0 Å². The Morgan fingerprint density at radius 2 is 1.97 bits per heavy atom. The van der Waals surface area contributed by atoms with E-state index in [1.54, 1.807) is 0 Å². The number of hydrogen-bond acceptors (Lipinski definition) is 4. The van der Waals surface area contributed by atoms with E-state index in [2.05, 4.69) is 41.4 Å². The fourth-order valence-corrected chi connectivity index (χ4v) is 4.11. The number of piperidine rings is 1. The lowest BCUT2D eigenvalue weighted by molar-refractivity contribution is -0.138. The summed E-state index contributed by atoms with van der Waals surface area (Å²) in [5.74, 6) is -0.0635. The Kier molecular flexibility index (Phi) is 8.10. The fraction of sp³-hybridized carbons (Fsp3) is 0.600. The molecule has 3 amide bonds. The molecule has 0 radical (unpaired) electrons. The van der Waals surface area contributed by atoms with Crippen molar-refractivity contribution in [2.45, 2.75) is 84.8 Å². The molecule has 2 heterocycles. The topological polar surface area (TPSA) is 107 Å². The van der Waals surface area contributed by atoms with Gasteiger partial charge in [0.05, 0.1) is 24.0 Å². The molecule has 1 aliphatic heterocycles. The van der Waals surface area contributed by atoms with E-state index in [1.165, 1.54) is 0 Å². The minimum atomic E-state index is -0.913. The van der Waals surface area contributed by atoms with Gasteiger partial charge in [-0.05, 0) is 50.2 Å². The van der Waals surface area contributed by atoms with Gasteiger partial charge in [-0.2, -0.15) is 0 Å². The van der Waals surface area contributed by atoms with Crippen molar-refractivity contribution in [2.24, 2.45) is 5.41 Å². The van der Waals surface area contributed by atoms with Gasteiger partial charge < -0.3 is 20.5 Å². The highest BCUT2D eigenvalue weighted by atomic mass is 16.2. The molecule has 0 aliphatic carbocycles. The molecule has 0 saturated carbocycles. The van der Waals surface area contributed by atoms with Crippen LogP contribution in [0.5, 0.6) is 0 Å². The maximum atomic E-state index is 13.0. The molecule has 1 aromatic heterocycles. The molecule has 1 aliphatic rings.